The van der Waals surface area contributed by atoms with E-state index in [1.54, 1.807) is 18.9 Å². The number of rotatable bonds is 9. The number of fused-ring (bicyclic) bond motifs is 3. The van der Waals surface area contributed by atoms with Crippen molar-refractivity contribution in [3.8, 4) is 5.75 Å². The number of methoxy groups -OCH3 is 1. The Morgan fingerprint density at radius 1 is 1.26 bits per heavy atom. The standard InChI is InChI=1S/C29H33N3O9S/c1-15-22-25(33)32(29(2,3)27(34)35)28(36)31(26(22)42-23(15)24-30-9-10-38-24)13-20(18-7-5-6-8-19(18)37-4)40-16-11-17-14-39-21(12-16)41-17/h5-10,16-17,20-22,26H,11-14H2,1-4H3,(H,34,35)/t16-,17+,20?,21+,22?,26?/m0/s1. The van der Waals surface area contributed by atoms with Crippen LogP contribution in [0.5, 0.6) is 5.75 Å². The number of oxazole rings is 1. The summed E-state index contributed by atoms with van der Waals surface area (Å²) in [5.74, 6) is -1.75. The first kappa shape index (κ1) is 28.7. The van der Waals surface area contributed by atoms with Crippen LogP contribution in [0, 0.1) is 5.92 Å². The minimum absolute atomic E-state index is 0.0343. The summed E-state index contributed by atoms with van der Waals surface area (Å²) >= 11 is 1.31. The van der Waals surface area contributed by atoms with E-state index >= 15 is 0 Å². The lowest BCUT2D eigenvalue weighted by atomic mass is 9.91. The highest BCUT2D eigenvalue weighted by molar-refractivity contribution is 8.09. The zero-order valence-electron chi connectivity index (χ0n) is 23.7. The van der Waals surface area contributed by atoms with E-state index in [1.165, 1.54) is 38.1 Å². The number of thioether (sulfide) groups is 1. The van der Waals surface area contributed by atoms with Crippen LogP contribution in [0.4, 0.5) is 4.79 Å². The second-order valence-corrected chi connectivity index (χ2v) is 12.4. The van der Waals surface area contributed by atoms with Crippen LogP contribution in [0.3, 0.4) is 0 Å². The number of carbonyl (C=O) groups excluding carboxylic acids is 2. The quantitative estimate of drug-likeness (QED) is 0.449. The summed E-state index contributed by atoms with van der Waals surface area (Å²) in [4.78, 5) is 47.8. The molecule has 4 aliphatic rings. The molecule has 0 radical (unpaired) electrons. The van der Waals surface area contributed by atoms with Gasteiger partial charge in [0, 0.05) is 18.4 Å². The fourth-order valence-corrected chi connectivity index (χ4v) is 7.55. The molecule has 1 aromatic heterocycles. The topological polar surface area (TPSA) is 141 Å². The Morgan fingerprint density at radius 3 is 2.74 bits per heavy atom. The number of hydrogen-bond acceptors (Lipinski definition) is 10. The van der Waals surface area contributed by atoms with Gasteiger partial charge in [0.25, 0.3) is 0 Å². The highest BCUT2D eigenvalue weighted by Crippen LogP contribution is 2.52. The molecular weight excluding hydrogens is 566 g/mol. The van der Waals surface area contributed by atoms with Gasteiger partial charge in [-0.15, -0.1) is 0 Å². The molecule has 3 amide bonds. The molecule has 6 rings (SSSR count). The molecule has 0 aliphatic carbocycles. The van der Waals surface area contributed by atoms with Crippen LogP contribution in [0.25, 0.3) is 4.91 Å². The Labute approximate surface area is 246 Å². The Morgan fingerprint density at radius 2 is 2.05 bits per heavy atom. The summed E-state index contributed by atoms with van der Waals surface area (Å²) in [6.45, 7) is 5.04. The SMILES string of the molecule is COc1ccccc1C(CN1C(=O)N(C(C)(C)C(=O)O)C(=O)C2C(C)=C(c3ncco3)SC21)O[C@H]1C[C@@H]2CO[C@@H](C1)O2. The van der Waals surface area contributed by atoms with Crippen LogP contribution in [-0.2, 0) is 23.8 Å². The highest BCUT2D eigenvalue weighted by Gasteiger charge is 2.57. The molecule has 42 heavy (non-hydrogen) atoms. The number of carbonyl (C=O) groups is 3. The number of aromatic nitrogens is 1. The van der Waals surface area contributed by atoms with Gasteiger partial charge in [0.05, 0.1) is 54.9 Å². The maximum Gasteiger partial charge on any atom is 0.329 e. The average molecular weight is 600 g/mol. The molecule has 3 fully saturated rings. The van der Waals surface area contributed by atoms with Gasteiger partial charge in [-0.2, -0.15) is 0 Å². The van der Waals surface area contributed by atoms with Gasteiger partial charge in [-0.25, -0.2) is 19.5 Å². The maximum atomic E-state index is 14.2. The van der Waals surface area contributed by atoms with E-state index in [1.807, 2.05) is 24.3 Å². The minimum atomic E-state index is -1.80. The number of carboxylic acids is 1. The van der Waals surface area contributed by atoms with E-state index in [2.05, 4.69) is 4.98 Å². The molecule has 2 bridgehead atoms. The lowest BCUT2D eigenvalue weighted by molar-refractivity contribution is -0.159. The number of benzene rings is 1. The van der Waals surface area contributed by atoms with Crippen molar-refractivity contribution in [2.75, 3.05) is 20.3 Å². The predicted octanol–water partition coefficient (Wildman–Crippen LogP) is 3.89. The maximum absolute atomic E-state index is 14.2. The van der Waals surface area contributed by atoms with E-state index in [9.17, 15) is 19.5 Å². The van der Waals surface area contributed by atoms with E-state index in [4.69, 9.17) is 23.4 Å². The monoisotopic (exact) mass is 599 g/mol. The lowest BCUT2D eigenvalue weighted by Gasteiger charge is -2.47. The van der Waals surface area contributed by atoms with Crippen molar-refractivity contribution in [1.82, 2.24) is 14.8 Å². The highest BCUT2D eigenvalue weighted by atomic mass is 32.2. The van der Waals surface area contributed by atoms with Gasteiger partial charge in [0.15, 0.2) is 6.29 Å². The molecule has 1 N–H and O–H groups in total. The number of ether oxygens (including phenoxy) is 4. The number of hydrogen-bond donors (Lipinski definition) is 1. The minimum Gasteiger partial charge on any atom is -0.496 e. The van der Waals surface area contributed by atoms with Crippen LogP contribution < -0.4 is 4.74 Å². The van der Waals surface area contributed by atoms with Gasteiger partial charge in [0.1, 0.15) is 23.7 Å². The second kappa shape index (κ2) is 11.0. The van der Waals surface area contributed by atoms with Crippen LogP contribution >= 0.6 is 11.8 Å². The van der Waals surface area contributed by atoms with Crippen LogP contribution in [0.2, 0.25) is 0 Å². The molecule has 224 valence electrons. The third kappa shape index (κ3) is 4.87. The Balaban J connectivity index is 1.39. The first-order valence-corrected chi connectivity index (χ1v) is 14.7. The molecule has 0 saturated carbocycles. The van der Waals surface area contributed by atoms with Gasteiger partial charge in [0.2, 0.25) is 11.8 Å². The summed E-state index contributed by atoms with van der Waals surface area (Å²) in [5, 5.41) is 9.39. The zero-order chi connectivity index (χ0) is 29.8. The van der Waals surface area contributed by atoms with Crippen molar-refractivity contribution in [3.63, 3.8) is 0 Å². The van der Waals surface area contributed by atoms with Crippen LogP contribution in [0.15, 0.2) is 46.7 Å². The number of para-hydroxylation sites is 1. The number of amides is 3. The fraction of sp³-hybridized carbons (Fsp3) is 0.517. The second-order valence-electron chi connectivity index (χ2n) is 11.3. The molecule has 6 atom stereocenters. The largest absolute Gasteiger partial charge is 0.496 e. The number of urea groups is 1. The molecular formula is C29H33N3O9S. The van der Waals surface area contributed by atoms with Crippen molar-refractivity contribution in [2.45, 2.75) is 69.1 Å². The molecule has 12 nitrogen and oxygen atoms in total. The zero-order valence-corrected chi connectivity index (χ0v) is 24.5. The molecule has 2 aromatic rings. The third-order valence-electron chi connectivity index (χ3n) is 8.29. The van der Waals surface area contributed by atoms with Crippen LogP contribution in [-0.4, -0.2) is 87.5 Å². The molecule has 13 heteroatoms. The van der Waals surface area contributed by atoms with Crippen molar-refractivity contribution in [1.29, 1.82) is 0 Å². The average Bonchev–Trinajstić information content (AvgIpc) is 3.69. The van der Waals surface area contributed by atoms with E-state index in [0.29, 0.717) is 41.6 Å². The number of aliphatic carboxylic acids is 1. The summed E-state index contributed by atoms with van der Waals surface area (Å²) in [7, 11) is 1.57. The summed E-state index contributed by atoms with van der Waals surface area (Å²) in [6, 6.07) is 6.71. The fourth-order valence-electron chi connectivity index (χ4n) is 6.03. The summed E-state index contributed by atoms with van der Waals surface area (Å²) in [6.07, 6.45) is 2.82. The predicted molar refractivity (Wildman–Crippen MR) is 149 cm³/mol. The van der Waals surface area contributed by atoms with Crippen LogP contribution in [0.1, 0.15) is 51.2 Å². The number of nitrogens with zero attached hydrogens (tertiary/aromatic N) is 3. The number of carboxylic acid groups (broad SMARTS) is 1. The Hall–Kier alpha value is -3.39. The molecule has 5 heterocycles. The first-order chi connectivity index (χ1) is 20.1. The number of imide groups is 1. The molecule has 3 saturated heterocycles. The van der Waals surface area contributed by atoms with Gasteiger partial charge < -0.3 is 33.4 Å². The molecule has 3 unspecified atom stereocenters. The first-order valence-electron chi connectivity index (χ1n) is 13.8. The van der Waals surface area contributed by atoms with Crippen molar-refractivity contribution < 1.29 is 42.9 Å². The van der Waals surface area contributed by atoms with Crippen molar-refractivity contribution in [3.05, 3.63) is 53.8 Å². The van der Waals surface area contributed by atoms with Gasteiger partial charge in [-0.05, 0) is 32.4 Å². The van der Waals surface area contributed by atoms with E-state index in [-0.39, 0.29) is 25.0 Å². The van der Waals surface area contributed by atoms with Gasteiger partial charge in [-0.3, -0.25) is 4.79 Å². The smallest absolute Gasteiger partial charge is 0.329 e. The molecule has 0 spiro atoms. The lowest BCUT2D eigenvalue weighted by Crippen LogP contribution is -2.67. The normalized spacial score (nSPS) is 28.3. The summed E-state index contributed by atoms with van der Waals surface area (Å²) in [5.41, 5.74) is -0.411. The van der Waals surface area contributed by atoms with Crippen molar-refractivity contribution in [2.24, 2.45) is 5.92 Å². The molecule has 4 aliphatic heterocycles. The molecule has 1 aromatic carbocycles. The van der Waals surface area contributed by atoms with Gasteiger partial charge >= 0.3 is 12.0 Å². The van der Waals surface area contributed by atoms with Gasteiger partial charge in [-0.1, -0.05) is 30.0 Å². The van der Waals surface area contributed by atoms with E-state index in [0.717, 1.165) is 10.5 Å². The van der Waals surface area contributed by atoms with E-state index < -0.39 is 40.8 Å². The third-order valence-corrected chi connectivity index (χ3v) is 9.79. The Bertz CT molecular complexity index is 1400. The Kier molecular flexibility index (Phi) is 7.54. The van der Waals surface area contributed by atoms with Crippen molar-refractivity contribution >= 4 is 34.6 Å². The summed E-state index contributed by atoms with van der Waals surface area (Å²) < 4.78 is 29.4.